The first-order chi connectivity index (χ1) is 8.70. The topological polar surface area (TPSA) is 34.9 Å². The van der Waals surface area contributed by atoms with Crippen molar-refractivity contribution in [2.45, 2.75) is 18.4 Å². The largest absolute Gasteiger partial charge is 0.329 e. The van der Waals surface area contributed by atoms with Crippen LogP contribution in [0.5, 0.6) is 0 Å². The maximum absolute atomic E-state index is 12.0. The maximum Gasteiger partial charge on any atom is 0.208 e. The van der Waals surface area contributed by atoms with Crippen LogP contribution in [0.25, 0.3) is 0 Å². The van der Waals surface area contributed by atoms with Gasteiger partial charge in [-0.3, -0.25) is 4.79 Å². The first kappa shape index (κ1) is 13.4. The second-order valence-corrected chi connectivity index (χ2v) is 5.67. The average molecular weight is 325 g/mol. The molecule has 1 heterocycles. The van der Waals surface area contributed by atoms with Crippen LogP contribution in [0.2, 0.25) is 0 Å². The molecular formula is C13H13BrN2OS. The highest BCUT2D eigenvalue weighted by atomic mass is 79.9. The van der Waals surface area contributed by atoms with Crippen molar-refractivity contribution in [1.82, 2.24) is 9.55 Å². The van der Waals surface area contributed by atoms with Crippen molar-refractivity contribution < 1.29 is 4.79 Å². The number of nitrogens with zero attached hydrogens (tertiary/aromatic N) is 2. The lowest BCUT2D eigenvalue weighted by Gasteiger charge is -2.04. The van der Waals surface area contributed by atoms with Crippen molar-refractivity contribution >= 4 is 33.5 Å². The van der Waals surface area contributed by atoms with Crippen LogP contribution in [0.15, 0.2) is 46.0 Å². The lowest BCUT2D eigenvalue weighted by molar-refractivity contribution is 0.100. The highest BCUT2D eigenvalue weighted by Crippen LogP contribution is 2.22. The third-order valence-electron chi connectivity index (χ3n) is 2.47. The summed E-state index contributed by atoms with van der Waals surface area (Å²) >= 11 is 4.94. The van der Waals surface area contributed by atoms with E-state index in [2.05, 4.69) is 20.9 Å². The number of carbonyl (C=O) groups is 1. The molecule has 0 aliphatic heterocycles. The van der Waals surface area contributed by atoms with Gasteiger partial charge < -0.3 is 4.57 Å². The number of aryl methyl sites for hydroxylation is 1. The number of halogens is 1. The smallest absolute Gasteiger partial charge is 0.208 e. The van der Waals surface area contributed by atoms with Crippen LogP contribution < -0.4 is 0 Å². The molecule has 0 aliphatic rings. The van der Waals surface area contributed by atoms with Crippen LogP contribution in [0.1, 0.15) is 17.5 Å². The molecule has 0 spiro atoms. The number of ketones is 1. The summed E-state index contributed by atoms with van der Waals surface area (Å²) in [7, 11) is 0. The van der Waals surface area contributed by atoms with Crippen LogP contribution in [-0.2, 0) is 6.54 Å². The fourth-order valence-electron chi connectivity index (χ4n) is 1.59. The zero-order chi connectivity index (χ0) is 13.0. The summed E-state index contributed by atoms with van der Waals surface area (Å²) < 4.78 is 2.89. The summed E-state index contributed by atoms with van der Waals surface area (Å²) in [6.07, 6.45) is 3.50. The SMILES string of the molecule is CCn1ccnc1C(=O)CSc1cccc(Br)c1. The minimum Gasteiger partial charge on any atom is -0.329 e. The molecule has 0 fully saturated rings. The van der Waals surface area contributed by atoms with Crippen molar-refractivity contribution in [1.29, 1.82) is 0 Å². The molecule has 2 aromatic rings. The number of benzene rings is 1. The van der Waals surface area contributed by atoms with E-state index >= 15 is 0 Å². The zero-order valence-corrected chi connectivity index (χ0v) is 12.4. The summed E-state index contributed by atoms with van der Waals surface area (Å²) in [5, 5.41) is 0. The molecule has 5 heteroatoms. The van der Waals surface area contributed by atoms with Gasteiger partial charge >= 0.3 is 0 Å². The Morgan fingerprint density at radius 2 is 2.33 bits per heavy atom. The zero-order valence-electron chi connectivity index (χ0n) is 9.97. The van der Waals surface area contributed by atoms with E-state index in [-0.39, 0.29) is 5.78 Å². The minimum absolute atomic E-state index is 0.0619. The molecule has 0 saturated carbocycles. The molecular weight excluding hydrogens is 312 g/mol. The van der Waals surface area contributed by atoms with Gasteiger partial charge in [-0.25, -0.2) is 4.98 Å². The highest BCUT2D eigenvalue weighted by molar-refractivity contribution is 9.10. The van der Waals surface area contributed by atoms with E-state index in [1.165, 1.54) is 11.8 Å². The fraction of sp³-hybridized carbons (Fsp3) is 0.231. The molecule has 1 aromatic heterocycles. The molecule has 0 aliphatic carbocycles. The maximum atomic E-state index is 12.0. The van der Waals surface area contributed by atoms with Gasteiger partial charge in [0.05, 0.1) is 5.75 Å². The number of thioether (sulfide) groups is 1. The van der Waals surface area contributed by atoms with E-state index in [9.17, 15) is 4.79 Å². The Morgan fingerprint density at radius 3 is 3.06 bits per heavy atom. The normalized spacial score (nSPS) is 10.6. The number of carbonyl (C=O) groups excluding carboxylic acids is 1. The third-order valence-corrected chi connectivity index (χ3v) is 3.96. The van der Waals surface area contributed by atoms with Crippen molar-refractivity contribution in [3.05, 3.63) is 47.0 Å². The molecule has 0 saturated heterocycles. The van der Waals surface area contributed by atoms with Crippen LogP contribution in [-0.4, -0.2) is 21.1 Å². The molecule has 0 amide bonds. The molecule has 0 atom stereocenters. The summed E-state index contributed by atoms with van der Waals surface area (Å²) in [5.41, 5.74) is 0. The molecule has 0 bridgehead atoms. The second-order valence-electron chi connectivity index (χ2n) is 3.71. The van der Waals surface area contributed by atoms with Gasteiger partial charge in [0.2, 0.25) is 5.78 Å². The van der Waals surface area contributed by atoms with Gasteiger partial charge in [-0.1, -0.05) is 22.0 Å². The predicted octanol–water partition coefficient (Wildman–Crippen LogP) is 3.64. The monoisotopic (exact) mass is 324 g/mol. The van der Waals surface area contributed by atoms with Crippen molar-refractivity contribution in [3.63, 3.8) is 0 Å². The molecule has 1 aromatic carbocycles. The first-order valence-electron chi connectivity index (χ1n) is 5.63. The van der Waals surface area contributed by atoms with Crippen LogP contribution in [0.3, 0.4) is 0 Å². The van der Waals surface area contributed by atoms with Gasteiger partial charge in [-0.05, 0) is 25.1 Å². The standard InChI is InChI=1S/C13H13BrN2OS/c1-2-16-7-6-15-13(16)12(17)9-18-11-5-3-4-10(14)8-11/h3-8H,2,9H2,1H3. The van der Waals surface area contributed by atoms with Crippen LogP contribution in [0, 0.1) is 0 Å². The summed E-state index contributed by atoms with van der Waals surface area (Å²) in [6, 6.07) is 7.93. The summed E-state index contributed by atoms with van der Waals surface area (Å²) in [4.78, 5) is 17.2. The number of Topliss-reactive ketones (excluding diaryl/α,β-unsaturated/α-hetero) is 1. The Balaban J connectivity index is 2.00. The van der Waals surface area contributed by atoms with Gasteiger partial charge in [0.1, 0.15) is 0 Å². The Labute approximate surface area is 119 Å². The molecule has 3 nitrogen and oxygen atoms in total. The molecule has 18 heavy (non-hydrogen) atoms. The third kappa shape index (κ3) is 3.23. The van der Waals surface area contributed by atoms with Crippen molar-refractivity contribution in [2.24, 2.45) is 0 Å². The van der Waals surface area contributed by atoms with E-state index in [1.807, 2.05) is 42.0 Å². The van der Waals surface area contributed by atoms with Crippen LogP contribution >= 0.6 is 27.7 Å². The Hall–Kier alpha value is -1.07. The first-order valence-corrected chi connectivity index (χ1v) is 7.41. The fourth-order valence-corrected chi connectivity index (χ4v) is 2.95. The van der Waals surface area contributed by atoms with E-state index < -0.39 is 0 Å². The van der Waals surface area contributed by atoms with Gasteiger partial charge in [0.25, 0.3) is 0 Å². The molecule has 0 radical (unpaired) electrons. The second kappa shape index (κ2) is 6.20. The minimum atomic E-state index is 0.0619. The van der Waals surface area contributed by atoms with Crippen molar-refractivity contribution in [3.8, 4) is 0 Å². The number of aromatic nitrogens is 2. The van der Waals surface area contributed by atoms with Gasteiger partial charge in [0.15, 0.2) is 5.82 Å². The van der Waals surface area contributed by atoms with Gasteiger partial charge in [-0.15, -0.1) is 11.8 Å². The van der Waals surface area contributed by atoms with E-state index in [4.69, 9.17) is 0 Å². The van der Waals surface area contributed by atoms with E-state index in [0.717, 1.165) is 15.9 Å². The van der Waals surface area contributed by atoms with E-state index in [1.54, 1.807) is 6.20 Å². The molecule has 0 N–H and O–H groups in total. The Bertz CT molecular complexity index is 553. The summed E-state index contributed by atoms with van der Waals surface area (Å²) in [5.74, 6) is 1.01. The lowest BCUT2D eigenvalue weighted by Crippen LogP contribution is -2.11. The molecule has 94 valence electrons. The average Bonchev–Trinajstić information content (AvgIpc) is 2.84. The number of hydrogen-bond donors (Lipinski definition) is 0. The number of hydrogen-bond acceptors (Lipinski definition) is 3. The molecule has 0 unspecified atom stereocenters. The predicted molar refractivity (Wildman–Crippen MR) is 77.1 cm³/mol. The van der Waals surface area contributed by atoms with Crippen LogP contribution in [0.4, 0.5) is 0 Å². The van der Waals surface area contributed by atoms with E-state index in [0.29, 0.717) is 11.6 Å². The quantitative estimate of drug-likeness (QED) is 0.622. The molecule has 2 rings (SSSR count). The Kier molecular flexibility index (Phi) is 4.60. The number of rotatable bonds is 5. The van der Waals surface area contributed by atoms with Gasteiger partial charge in [0, 0.05) is 28.3 Å². The number of imidazole rings is 1. The van der Waals surface area contributed by atoms with Gasteiger partial charge in [-0.2, -0.15) is 0 Å². The summed E-state index contributed by atoms with van der Waals surface area (Å²) in [6.45, 7) is 2.77. The lowest BCUT2D eigenvalue weighted by atomic mass is 10.4. The highest BCUT2D eigenvalue weighted by Gasteiger charge is 2.12. The Morgan fingerprint density at radius 1 is 1.50 bits per heavy atom. The van der Waals surface area contributed by atoms with Crippen molar-refractivity contribution in [2.75, 3.05) is 5.75 Å².